The van der Waals surface area contributed by atoms with Gasteiger partial charge in [0.05, 0.1) is 15.8 Å². The lowest BCUT2D eigenvalue weighted by Gasteiger charge is -2.13. The Morgan fingerprint density at radius 1 is 1.11 bits per heavy atom. The number of hydrogen-bond acceptors (Lipinski definition) is 6. The van der Waals surface area contributed by atoms with Gasteiger partial charge in [-0.15, -0.1) is 0 Å². The highest BCUT2D eigenvalue weighted by molar-refractivity contribution is 9.11. The molecule has 9 heteroatoms. The van der Waals surface area contributed by atoms with E-state index in [4.69, 9.17) is 4.18 Å². The highest BCUT2D eigenvalue weighted by atomic mass is 79.9. The van der Waals surface area contributed by atoms with E-state index in [0.29, 0.717) is 20.2 Å². The largest absolute Gasteiger partial charge is 0.377 e. The smallest absolute Gasteiger partial charge is 0.367 e. The molecule has 0 fully saturated rings. The van der Waals surface area contributed by atoms with Crippen LogP contribution < -0.4 is 4.18 Å². The van der Waals surface area contributed by atoms with Crippen molar-refractivity contribution in [1.82, 2.24) is 0 Å². The van der Waals surface area contributed by atoms with Crippen molar-refractivity contribution in [1.29, 1.82) is 0 Å². The molecule has 2 aromatic rings. The van der Waals surface area contributed by atoms with Gasteiger partial charge in [0.1, 0.15) is 4.90 Å². The molecule has 1 aliphatic rings. The fourth-order valence-corrected chi connectivity index (χ4v) is 4.73. The molecule has 0 atom stereocenters. The molecule has 0 spiro atoms. The molecule has 0 radical (unpaired) electrons. The van der Waals surface area contributed by atoms with Gasteiger partial charge in [-0.1, -0.05) is 38.8 Å². The van der Waals surface area contributed by atoms with Crippen LogP contribution in [0, 0.1) is 6.92 Å². The van der Waals surface area contributed by atoms with E-state index in [-0.39, 0.29) is 16.2 Å². The molecule has 0 aliphatic carbocycles. The SMILES string of the molecule is CC1=NOC(=O)/C1=C\c1cc(Br)cc(Br)c1OS(=O)(=O)c1ccc(C)cc1. The normalized spacial score (nSPS) is 15.6. The zero-order chi connectivity index (χ0) is 19.8. The van der Waals surface area contributed by atoms with Gasteiger partial charge in [0.25, 0.3) is 0 Å². The summed E-state index contributed by atoms with van der Waals surface area (Å²) in [6, 6.07) is 9.60. The summed E-state index contributed by atoms with van der Waals surface area (Å²) in [5.74, 6) is -0.560. The van der Waals surface area contributed by atoms with Gasteiger partial charge in [-0.25, -0.2) is 4.79 Å². The van der Waals surface area contributed by atoms with Gasteiger partial charge in [0.2, 0.25) is 0 Å². The van der Waals surface area contributed by atoms with Crippen LogP contribution in [0.4, 0.5) is 0 Å². The second kappa shape index (κ2) is 7.57. The van der Waals surface area contributed by atoms with Crippen molar-refractivity contribution >= 4 is 59.7 Å². The minimum absolute atomic E-state index is 0.0274. The van der Waals surface area contributed by atoms with Gasteiger partial charge in [-0.2, -0.15) is 8.42 Å². The molecule has 140 valence electrons. The van der Waals surface area contributed by atoms with Crippen LogP contribution in [-0.2, 0) is 19.8 Å². The van der Waals surface area contributed by atoms with Gasteiger partial charge >= 0.3 is 16.1 Å². The Bertz CT molecular complexity index is 1090. The Balaban J connectivity index is 2.08. The predicted molar refractivity (Wildman–Crippen MR) is 108 cm³/mol. The summed E-state index contributed by atoms with van der Waals surface area (Å²) in [6.07, 6.45) is 1.48. The first-order valence-electron chi connectivity index (χ1n) is 7.65. The maximum absolute atomic E-state index is 12.7. The molecule has 2 aromatic carbocycles. The molecule has 27 heavy (non-hydrogen) atoms. The van der Waals surface area contributed by atoms with Crippen LogP contribution in [0.15, 0.2) is 61.0 Å². The van der Waals surface area contributed by atoms with Crippen LogP contribution in [0.25, 0.3) is 6.08 Å². The Morgan fingerprint density at radius 3 is 2.37 bits per heavy atom. The van der Waals surface area contributed by atoms with Crippen LogP contribution in [0.1, 0.15) is 18.1 Å². The highest BCUT2D eigenvalue weighted by Crippen LogP contribution is 2.36. The summed E-state index contributed by atoms with van der Waals surface area (Å²) >= 11 is 6.67. The van der Waals surface area contributed by atoms with E-state index in [2.05, 4.69) is 41.9 Å². The Hall–Kier alpha value is -1.97. The van der Waals surface area contributed by atoms with Gasteiger partial charge in [0.15, 0.2) is 5.75 Å². The van der Waals surface area contributed by atoms with Crippen LogP contribution in [0.2, 0.25) is 0 Å². The van der Waals surface area contributed by atoms with Crippen molar-refractivity contribution in [3.05, 3.63) is 62.0 Å². The van der Waals surface area contributed by atoms with Crippen LogP contribution in [0.5, 0.6) is 5.75 Å². The number of rotatable bonds is 4. The summed E-state index contributed by atoms with van der Waals surface area (Å²) in [5, 5.41) is 3.62. The third kappa shape index (κ3) is 4.31. The summed E-state index contributed by atoms with van der Waals surface area (Å²) < 4.78 is 31.8. The Morgan fingerprint density at radius 2 is 1.78 bits per heavy atom. The van der Waals surface area contributed by atoms with E-state index in [0.717, 1.165) is 5.56 Å². The number of hydrogen-bond donors (Lipinski definition) is 0. The summed E-state index contributed by atoms with van der Waals surface area (Å²) in [5.41, 5.74) is 1.91. The molecule has 0 amide bonds. The molecule has 0 bridgehead atoms. The number of aryl methyl sites for hydroxylation is 1. The van der Waals surface area contributed by atoms with Gasteiger partial charge in [-0.3, -0.25) is 0 Å². The number of carbonyl (C=O) groups is 1. The quantitative estimate of drug-likeness (QED) is 0.338. The molecule has 0 aromatic heterocycles. The van der Waals surface area contributed by atoms with Crippen molar-refractivity contribution in [2.45, 2.75) is 18.7 Å². The van der Waals surface area contributed by atoms with Crippen molar-refractivity contribution < 1.29 is 22.2 Å². The van der Waals surface area contributed by atoms with Crippen molar-refractivity contribution in [2.75, 3.05) is 0 Å². The number of benzene rings is 2. The van der Waals surface area contributed by atoms with Crippen LogP contribution in [-0.4, -0.2) is 20.1 Å². The fourth-order valence-electron chi connectivity index (χ4n) is 2.31. The molecule has 6 nitrogen and oxygen atoms in total. The van der Waals surface area contributed by atoms with Crippen LogP contribution >= 0.6 is 31.9 Å². The summed E-state index contributed by atoms with van der Waals surface area (Å²) in [7, 11) is -4.07. The van der Waals surface area contributed by atoms with E-state index in [1.807, 2.05) is 6.92 Å². The lowest BCUT2D eigenvalue weighted by atomic mass is 10.1. The maximum atomic E-state index is 12.7. The summed E-state index contributed by atoms with van der Waals surface area (Å²) in [4.78, 5) is 16.5. The minimum Gasteiger partial charge on any atom is -0.377 e. The zero-order valence-electron chi connectivity index (χ0n) is 14.2. The van der Waals surface area contributed by atoms with Crippen molar-refractivity contribution in [2.24, 2.45) is 5.16 Å². The third-order valence-corrected chi connectivity index (χ3v) is 6.00. The van der Waals surface area contributed by atoms with E-state index < -0.39 is 16.1 Å². The predicted octanol–water partition coefficient (Wildman–Crippen LogP) is 4.60. The maximum Gasteiger partial charge on any atom is 0.367 e. The van der Waals surface area contributed by atoms with Crippen molar-refractivity contribution in [3.8, 4) is 5.75 Å². The van der Waals surface area contributed by atoms with E-state index in [1.54, 1.807) is 31.2 Å². The molecule has 3 rings (SSSR count). The number of carbonyl (C=O) groups excluding carboxylic acids is 1. The van der Waals surface area contributed by atoms with Gasteiger partial charge in [-0.05, 0) is 60.1 Å². The lowest BCUT2D eigenvalue weighted by Crippen LogP contribution is -2.11. The second-order valence-corrected chi connectivity index (χ2v) is 9.09. The third-order valence-electron chi connectivity index (χ3n) is 3.71. The fraction of sp³-hybridized carbons (Fsp3) is 0.111. The summed E-state index contributed by atoms with van der Waals surface area (Å²) in [6.45, 7) is 3.48. The number of nitrogens with zero attached hydrogens (tertiary/aromatic N) is 1. The minimum atomic E-state index is -4.07. The number of oxime groups is 1. The molecule has 1 aliphatic heterocycles. The lowest BCUT2D eigenvalue weighted by molar-refractivity contribution is -0.136. The first-order chi connectivity index (χ1) is 12.7. The molecular weight excluding hydrogens is 502 g/mol. The second-order valence-electron chi connectivity index (χ2n) is 5.77. The van der Waals surface area contributed by atoms with Gasteiger partial charge in [0, 0.05) is 10.0 Å². The molecular formula is C18H13Br2NO5S. The highest BCUT2D eigenvalue weighted by Gasteiger charge is 2.25. The first kappa shape index (κ1) is 19.8. The van der Waals surface area contributed by atoms with Gasteiger partial charge < -0.3 is 9.02 Å². The molecule has 0 saturated heterocycles. The molecule has 0 N–H and O–H groups in total. The first-order valence-corrected chi connectivity index (χ1v) is 10.6. The molecule has 1 heterocycles. The standard InChI is InChI=1S/C18H13Br2NO5S/c1-10-3-5-14(6-4-10)27(23,24)26-17-12(7-13(19)9-16(17)20)8-15-11(2)21-25-18(15)22/h3-9H,1-2H3/b15-8-. The Kier molecular flexibility index (Phi) is 5.55. The zero-order valence-corrected chi connectivity index (χ0v) is 18.2. The van der Waals surface area contributed by atoms with Crippen LogP contribution in [0.3, 0.4) is 0 Å². The molecule has 0 saturated carbocycles. The Labute approximate surface area is 173 Å². The average molecular weight is 515 g/mol. The topological polar surface area (TPSA) is 82.0 Å². The average Bonchev–Trinajstić information content (AvgIpc) is 2.90. The molecule has 0 unspecified atom stereocenters. The van der Waals surface area contributed by atoms with E-state index >= 15 is 0 Å². The van der Waals surface area contributed by atoms with Crippen molar-refractivity contribution in [3.63, 3.8) is 0 Å². The monoisotopic (exact) mass is 513 g/mol. The van der Waals surface area contributed by atoms with E-state index in [1.165, 1.54) is 18.2 Å². The van der Waals surface area contributed by atoms with E-state index in [9.17, 15) is 13.2 Å². The number of halogens is 2.